The van der Waals surface area contributed by atoms with Gasteiger partial charge in [0.15, 0.2) is 0 Å². The van der Waals surface area contributed by atoms with Crippen LogP contribution in [0, 0.1) is 0 Å². The summed E-state index contributed by atoms with van der Waals surface area (Å²) in [6, 6.07) is 3.65. The third-order valence-corrected chi connectivity index (χ3v) is 3.11. The maximum Gasteiger partial charge on any atom is 0.248 e. The molecule has 1 aromatic rings. The van der Waals surface area contributed by atoms with E-state index in [1.54, 1.807) is 18.5 Å². The van der Waals surface area contributed by atoms with Crippen LogP contribution in [0.15, 0.2) is 24.5 Å². The Hall–Kier alpha value is -1.03. The summed E-state index contributed by atoms with van der Waals surface area (Å²) in [7, 11) is 0. The fourth-order valence-corrected chi connectivity index (χ4v) is 2.01. The molecule has 0 amide bonds. The number of alkyl halides is 2. The second kappa shape index (κ2) is 3.52. The Kier molecular flexibility index (Phi) is 2.46. The topological polar surface area (TPSA) is 38.9 Å². The van der Waals surface area contributed by atoms with Crippen LogP contribution in [0.1, 0.15) is 31.2 Å². The van der Waals surface area contributed by atoms with E-state index < -0.39 is 11.5 Å². The number of hydrogen-bond donors (Lipinski definition) is 1. The van der Waals surface area contributed by atoms with Crippen LogP contribution in [0.25, 0.3) is 0 Å². The lowest BCUT2D eigenvalue weighted by atomic mass is 9.76. The SMILES string of the molecule is NC1(c2cccnc2)CCC(F)(F)CC1. The van der Waals surface area contributed by atoms with E-state index in [-0.39, 0.29) is 12.8 Å². The molecule has 2 N–H and O–H groups in total. The highest BCUT2D eigenvalue weighted by Gasteiger charge is 2.42. The second-order valence-electron chi connectivity index (χ2n) is 4.25. The molecule has 0 spiro atoms. The summed E-state index contributed by atoms with van der Waals surface area (Å²) >= 11 is 0. The van der Waals surface area contributed by atoms with Gasteiger partial charge in [0.25, 0.3) is 0 Å². The van der Waals surface area contributed by atoms with E-state index in [4.69, 9.17) is 5.73 Å². The van der Waals surface area contributed by atoms with Crippen molar-refractivity contribution in [2.24, 2.45) is 5.73 Å². The van der Waals surface area contributed by atoms with Crippen LogP contribution in [0.5, 0.6) is 0 Å². The third-order valence-electron chi connectivity index (χ3n) is 3.11. The summed E-state index contributed by atoms with van der Waals surface area (Å²) in [5.74, 6) is -2.54. The lowest BCUT2D eigenvalue weighted by Crippen LogP contribution is -2.43. The zero-order valence-electron chi connectivity index (χ0n) is 8.42. The number of rotatable bonds is 1. The first kappa shape index (κ1) is 10.5. The standard InChI is InChI=1S/C11H14F2N2/c12-11(13)5-3-10(14,4-6-11)9-2-1-7-15-8-9/h1-2,7-8H,3-6,14H2. The number of pyridine rings is 1. The van der Waals surface area contributed by atoms with Crippen molar-refractivity contribution in [1.29, 1.82) is 0 Å². The molecule has 2 nitrogen and oxygen atoms in total. The van der Waals surface area contributed by atoms with E-state index in [1.165, 1.54) is 0 Å². The third kappa shape index (κ3) is 2.15. The van der Waals surface area contributed by atoms with E-state index in [9.17, 15) is 8.78 Å². The summed E-state index contributed by atoms with van der Waals surface area (Å²) in [6.07, 6.45) is 3.72. The molecular weight excluding hydrogens is 198 g/mol. The molecule has 1 aliphatic carbocycles. The molecule has 4 heteroatoms. The van der Waals surface area contributed by atoms with Gasteiger partial charge in [-0.1, -0.05) is 6.07 Å². The van der Waals surface area contributed by atoms with Crippen LogP contribution in [0.2, 0.25) is 0 Å². The first-order chi connectivity index (χ1) is 7.02. The van der Waals surface area contributed by atoms with Crippen LogP contribution in [0.4, 0.5) is 8.78 Å². The molecule has 82 valence electrons. The predicted octanol–water partition coefficient (Wildman–Crippen LogP) is 2.44. The van der Waals surface area contributed by atoms with Gasteiger partial charge in [-0.2, -0.15) is 0 Å². The van der Waals surface area contributed by atoms with Crippen LogP contribution >= 0.6 is 0 Å². The number of halogens is 2. The average Bonchev–Trinajstić information content (AvgIpc) is 2.24. The zero-order chi connectivity index (χ0) is 10.9. The maximum absolute atomic E-state index is 13.0. The van der Waals surface area contributed by atoms with E-state index in [2.05, 4.69) is 4.98 Å². The molecule has 0 bridgehead atoms. The normalized spacial score (nSPS) is 23.7. The van der Waals surface area contributed by atoms with Crippen molar-refractivity contribution < 1.29 is 8.78 Å². The fourth-order valence-electron chi connectivity index (χ4n) is 2.01. The summed E-state index contributed by atoms with van der Waals surface area (Å²) < 4.78 is 26.0. The molecule has 1 aliphatic rings. The Morgan fingerprint density at radius 2 is 1.87 bits per heavy atom. The highest BCUT2D eigenvalue weighted by Crippen LogP contribution is 2.41. The highest BCUT2D eigenvalue weighted by atomic mass is 19.3. The van der Waals surface area contributed by atoms with Crippen LogP contribution in [0.3, 0.4) is 0 Å². The van der Waals surface area contributed by atoms with E-state index >= 15 is 0 Å². The average molecular weight is 212 g/mol. The molecule has 0 saturated heterocycles. The summed E-state index contributed by atoms with van der Waals surface area (Å²) in [5, 5.41) is 0. The monoisotopic (exact) mass is 212 g/mol. The minimum Gasteiger partial charge on any atom is -0.321 e. The van der Waals surface area contributed by atoms with Gasteiger partial charge in [-0.3, -0.25) is 4.98 Å². The minimum atomic E-state index is -2.54. The molecule has 1 saturated carbocycles. The number of hydrogen-bond acceptors (Lipinski definition) is 2. The molecular formula is C11H14F2N2. The van der Waals surface area contributed by atoms with Crippen molar-refractivity contribution in [3.8, 4) is 0 Å². The molecule has 15 heavy (non-hydrogen) atoms. The smallest absolute Gasteiger partial charge is 0.248 e. The molecule has 0 radical (unpaired) electrons. The van der Waals surface area contributed by atoms with Gasteiger partial charge < -0.3 is 5.73 Å². The Morgan fingerprint density at radius 1 is 1.20 bits per heavy atom. The van der Waals surface area contributed by atoms with Gasteiger partial charge in [0, 0.05) is 30.8 Å². The minimum absolute atomic E-state index is 0.127. The van der Waals surface area contributed by atoms with E-state index in [0.717, 1.165) is 5.56 Å². The van der Waals surface area contributed by atoms with Crippen molar-refractivity contribution >= 4 is 0 Å². The van der Waals surface area contributed by atoms with E-state index in [1.807, 2.05) is 6.07 Å². The number of nitrogens with zero attached hydrogens (tertiary/aromatic N) is 1. The van der Waals surface area contributed by atoms with Crippen molar-refractivity contribution in [1.82, 2.24) is 4.98 Å². The quantitative estimate of drug-likeness (QED) is 0.776. The molecule has 1 fully saturated rings. The van der Waals surface area contributed by atoms with Gasteiger partial charge in [0.1, 0.15) is 0 Å². The first-order valence-corrected chi connectivity index (χ1v) is 5.09. The van der Waals surface area contributed by atoms with Gasteiger partial charge in [0.05, 0.1) is 0 Å². The van der Waals surface area contributed by atoms with Crippen molar-refractivity contribution in [3.63, 3.8) is 0 Å². The maximum atomic E-state index is 13.0. The molecule has 1 aromatic heterocycles. The van der Waals surface area contributed by atoms with Gasteiger partial charge in [-0.25, -0.2) is 8.78 Å². The van der Waals surface area contributed by atoms with Crippen molar-refractivity contribution in [2.75, 3.05) is 0 Å². The summed E-state index contributed by atoms with van der Waals surface area (Å²) in [4.78, 5) is 3.97. The van der Waals surface area contributed by atoms with Crippen molar-refractivity contribution in [3.05, 3.63) is 30.1 Å². The fraction of sp³-hybridized carbons (Fsp3) is 0.545. The second-order valence-corrected chi connectivity index (χ2v) is 4.25. The number of nitrogens with two attached hydrogens (primary N) is 1. The highest BCUT2D eigenvalue weighted by molar-refractivity contribution is 5.21. The molecule has 0 aromatic carbocycles. The molecule has 1 heterocycles. The molecule has 0 aliphatic heterocycles. The Balaban J connectivity index is 2.17. The molecule has 0 atom stereocenters. The Labute approximate surface area is 87.5 Å². The van der Waals surface area contributed by atoms with Gasteiger partial charge in [0.2, 0.25) is 5.92 Å². The first-order valence-electron chi connectivity index (χ1n) is 5.09. The van der Waals surface area contributed by atoms with Gasteiger partial charge >= 0.3 is 0 Å². The molecule has 2 rings (SSSR count). The molecule has 0 unspecified atom stereocenters. The van der Waals surface area contributed by atoms with E-state index in [0.29, 0.717) is 12.8 Å². The van der Waals surface area contributed by atoms with Gasteiger partial charge in [-0.05, 0) is 24.5 Å². The van der Waals surface area contributed by atoms with Crippen LogP contribution < -0.4 is 5.73 Å². The Morgan fingerprint density at radius 3 is 2.40 bits per heavy atom. The lowest BCUT2D eigenvalue weighted by Gasteiger charge is -2.37. The number of aromatic nitrogens is 1. The summed E-state index contributed by atoms with van der Waals surface area (Å²) in [5.41, 5.74) is 6.37. The largest absolute Gasteiger partial charge is 0.321 e. The van der Waals surface area contributed by atoms with Crippen LogP contribution in [-0.4, -0.2) is 10.9 Å². The lowest BCUT2D eigenvalue weighted by molar-refractivity contribution is -0.0514. The van der Waals surface area contributed by atoms with Crippen molar-refractivity contribution in [2.45, 2.75) is 37.1 Å². The zero-order valence-corrected chi connectivity index (χ0v) is 8.42. The Bertz CT molecular complexity index is 328. The van der Waals surface area contributed by atoms with Gasteiger partial charge in [-0.15, -0.1) is 0 Å². The van der Waals surface area contributed by atoms with Crippen LogP contribution in [-0.2, 0) is 5.54 Å². The predicted molar refractivity (Wildman–Crippen MR) is 53.5 cm³/mol. The summed E-state index contributed by atoms with van der Waals surface area (Å²) in [6.45, 7) is 0.